The number of aromatic nitrogens is 1. The van der Waals surface area contributed by atoms with Gasteiger partial charge in [-0.15, -0.1) is 11.3 Å². The number of aliphatic imine (C=N–C) groups is 1. The molecule has 0 bridgehead atoms. The van der Waals surface area contributed by atoms with Crippen LogP contribution in [0.5, 0.6) is 0 Å². The highest BCUT2D eigenvalue weighted by Crippen LogP contribution is 2.19. The summed E-state index contributed by atoms with van der Waals surface area (Å²) >= 11 is 1.73. The van der Waals surface area contributed by atoms with Gasteiger partial charge < -0.3 is 15.4 Å². The predicted molar refractivity (Wildman–Crippen MR) is 102 cm³/mol. The molecule has 0 aliphatic heterocycles. The number of guanidine groups is 1. The molecule has 2 rings (SSSR count). The third-order valence-electron chi connectivity index (χ3n) is 4.27. The third-order valence-corrected chi connectivity index (χ3v) is 5.33. The first kappa shape index (κ1) is 19.2. The quantitative estimate of drug-likeness (QED) is 0.341. The van der Waals surface area contributed by atoms with E-state index in [1.165, 1.54) is 43.4 Å². The van der Waals surface area contributed by atoms with Crippen LogP contribution in [0.25, 0.3) is 0 Å². The maximum atomic E-state index is 6.02. The molecule has 0 saturated heterocycles. The van der Waals surface area contributed by atoms with E-state index < -0.39 is 0 Å². The summed E-state index contributed by atoms with van der Waals surface area (Å²) in [5, 5.41) is 7.77. The summed E-state index contributed by atoms with van der Waals surface area (Å²) in [4.78, 5) is 10.4. The Morgan fingerprint density at radius 1 is 1.21 bits per heavy atom. The van der Waals surface area contributed by atoms with Crippen molar-refractivity contribution in [1.29, 1.82) is 0 Å². The summed E-state index contributed by atoms with van der Waals surface area (Å²) in [6.07, 6.45) is 8.26. The lowest BCUT2D eigenvalue weighted by molar-refractivity contribution is 0.0468. The smallest absolute Gasteiger partial charge is 0.191 e. The minimum atomic E-state index is 0.455. The maximum Gasteiger partial charge on any atom is 0.191 e. The van der Waals surface area contributed by atoms with Crippen molar-refractivity contribution in [2.24, 2.45) is 4.99 Å². The predicted octanol–water partition coefficient (Wildman–Crippen LogP) is 3.55. The molecule has 0 amide bonds. The van der Waals surface area contributed by atoms with Crippen molar-refractivity contribution in [2.45, 2.75) is 71.9 Å². The Morgan fingerprint density at radius 3 is 2.58 bits per heavy atom. The first-order valence-electron chi connectivity index (χ1n) is 9.25. The number of nitrogens with zero attached hydrogens (tertiary/aromatic N) is 2. The molecule has 5 nitrogen and oxygen atoms in total. The fraction of sp³-hybridized carbons (Fsp3) is 0.778. The minimum Gasteiger partial charge on any atom is -0.376 e. The van der Waals surface area contributed by atoms with Crippen LogP contribution in [0.2, 0.25) is 0 Å². The molecular weight excluding hydrogens is 320 g/mol. The highest BCUT2D eigenvalue weighted by molar-refractivity contribution is 7.11. The van der Waals surface area contributed by atoms with Gasteiger partial charge in [-0.3, -0.25) is 0 Å². The Balaban J connectivity index is 1.73. The highest BCUT2D eigenvalue weighted by Gasteiger charge is 2.12. The average molecular weight is 353 g/mol. The number of hydrogen-bond donors (Lipinski definition) is 2. The summed E-state index contributed by atoms with van der Waals surface area (Å²) in [5.74, 6) is 0.854. The normalized spacial score (nSPS) is 16.9. The number of thiazole rings is 1. The van der Waals surface area contributed by atoms with Gasteiger partial charge in [0.2, 0.25) is 0 Å². The van der Waals surface area contributed by atoms with Crippen LogP contribution >= 0.6 is 11.3 Å². The average Bonchev–Trinajstić information content (AvgIpc) is 2.76. The molecule has 0 aromatic carbocycles. The van der Waals surface area contributed by atoms with E-state index in [0.29, 0.717) is 12.6 Å². The van der Waals surface area contributed by atoms with Crippen LogP contribution in [0.15, 0.2) is 4.99 Å². The minimum absolute atomic E-state index is 0.455. The molecule has 136 valence electrons. The van der Waals surface area contributed by atoms with Gasteiger partial charge in [0, 0.05) is 18.0 Å². The van der Waals surface area contributed by atoms with Crippen molar-refractivity contribution in [2.75, 3.05) is 19.7 Å². The summed E-state index contributed by atoms with van der Waals surface area (Å²) in [6, 6.07) is 0. The lowest BCUT2D eigenvalue weighted by Crippen LogP contribution is -2.39. The fourth-order valence-electron chi connectivity index (χ4n) is 3.02. The molecule has 0 atom stereocenters. The van der Waals surface area contributed by atoms with Crippen LogP contribution < -0.4 is 10.6 Å². The van der Waals surface area contributed by atoms with Gasteiger partial charge in [0.05, 0.1) is 30.0 Å². The number of nitrogens with one attached hydrogen (secondary N) is 2. The second-order valence-corrected chi connectivity index (χ2v) is 7.64. The van der Waals surface area contributed by atoms with Gasteiger partial charge in [0.25, 0.3) is 0 Å². The molecule has 1 saturated carbocycles. The number of ether oxygens (including phenoxy) is 1. The molecule has 1 aromatic rings. The standard InChI is InChI=1S/C18H32N4OS/c1-4-19-18(21-13-17-14(2)22-15(3)24-17)20-11-12-23-16-9-7-5-6-8-10-16/h16H,4-13H2,1-3H3,(H2,19,20,21). The second kappa shape index (κ2) is 10.7. The van der Waals surface area contributed by atoms with Crippen molar-refractivity contribution in [3.05, 3.63) is 15.6 Å². The molecule has 2 N–H and O–H groups in total. The topological polar surface area (TPSA) is 58.5 Å². The Kier molecular flexibility index (Phi) is 8.53. The molecule has 1 fully saturated rings. The van der Waals surface area contributed by atoms with E-state index >= 15 is 0 Å². The number of hydrogen-bond acceptors (Lipinski definition) is 4. The Bertz CT molecular complexity index is 507. The molecule has 6 heteroatoms. The summed E-state index contributed by atoms with van der Waals surface area (Å²) < 4.78 is 6.02. The fourth-order valence-corrected chi connectivity index (χ4v) is 3.88. The first-order chi connectivity index (χ1) is 11.7. The van der Waals surface area contributed by atoms with Gasteiger partial charge >= 0.3 is 0 Å². The molecule has 1 aliphatic rings. The maximum absolute atomic E-state index is 6.02. The zero-order valence-electron chi connectivity index (χ0n) is 15.4. The summed E-state index contributed by atoms with van der Waals surface area (Å²) in [5.41, 5.74) is 1.09. The lowest BCUT2D eigenvalue weighted by Gasteiger charge is -2.16. The molecular formula is C18H32N4OS. The molecule has 0 unspecified atom stereocenters. The molecule has 0 radical (unpaired) electrons. The molecule has 1 heterocycles. The molecule has 0 spiro atoms. The van der Waals surface area contributed by atoms with E-state index in [4.69, 9.17) is 4.74 Å². The van der Waals surface area contributed by atoms with E-state index in [2.05, 4.69) is 34.5 Å². The van der Waals surface area contributed by atoms with Crippen LogP contribution in [0, 0.1) is 13.8 Å². The van der Waals surface area contributed by atoms with Crippen molar-refractivity contribution in [1.82, 2.24) is 15.6 Å². The van der Waals surface area contributed by atoms with E-state index in [1.54, 1.807) is 11.3 Å². The van der Waals surface area contributed by atoms with E-state index in [9.17, 15) is 0 Å². The highest BCUT2D eigenvalue weighted by atomic mass is 32.1. The van der Waals surface area contributed by atoms with Gasteiger partial charge in [-0.2, -0.15) is 0 Å². The van der Waals surface area contributed by atoms with Crippen molar-refractivity contribution in [3.63, 3.8) is 0 Å². The number of rotatable bonds is 7. The van der Waals surface area contributed by atoms with Gasteiger partial charge in [-0.25, -0.2) is 9.98 Å². The van der Waals surface area contributed by atoms with Gasteiger partial charge in [-0.1, -0.05) is 25.7 Å². The van der Waals surface area contributed by atoms with Gasteiger partial charge in [0.15, 0.2) is 5.96 Å². The van der Waals surface area contributed by atoms with Crippen LogP contribution in [-0.2, 0) is 11.3 Å². The van der Waals surface area contributed by atoms with Crippen molar-refractivity contribution in [3.8, 4) is 0 Å². The third kappa shape index (κ3) is 6.77. The first-order valence-corrected chi connectivity index (χ1v) is 10.1. The lowest BCUT2D eigenvalue weighted by atomic mass is 10.1. The molecule has 1 aromatic heterocycles. The van der Waals surface area contributed by atoms with E-state index in [0.717, 1.165) is 36.4 Å². The van der Waals surface area contributed by atoms with E-state index in [1.807, 2.05) is 6.92 Å². The zero-order valence-corrected chi connectivity index (χ0v) is 16.2. The molecule has 1 aliphatic carbocycles. The van der Waals surface area contributed by atoms with Crippen molar-refractivity contribution < 1.29 is 4.74 Å². The zero-order chi connectivity index (χ0) is 17.2. The largest absolute Gasteiger partial charge is 0.376 e. The van der Waals surface area contributed by atoms with E-state index in [-0.39, 0.29) is 0 Å². The van der Waals surface area contributed by atoms with Crippen LogP contribution in [0.3, 0.4) is 0 Å². The summed E-state index contributed by atoms with van der Waals surface area (Å²) in [7, 11) is 0. The molecule has 24 heavy (non-hydrogen) atoms. The Morgan fingerprint density at radius 2 is 1.96 bits per heavy atom. The van der Waals surface area contributed by atoms with Crippen LogP contribution in [0.1, 0.15) is 61.0 Å². The monoisotopic (exact) mass is 352 g/mol. The second-order valence-electron chi connectivity index (χ2n) is 6.35. The Hall–Kier alpha value is -1.14. The van der Waals surface area contributed by atoms with Gasteiger partial charge in [0.1, 0.15) is 0 Å². The van der Waals surface area contributed by atoms with Crippen LogP contribution in [-0.4, -0.2) is 36.7 Å². The SMILES string of the molecule is CCNC(=NCc1sc(C)nc1C)NCCOC1CCCCCC1. The Labute approximate surface area is 150 Å². The summed E-state index contributed by atoms with van der Waals surface area (Å²) in [6.45, 7) is 9.25. The van der Waals surface area contributed by atoms with Crippen molar-refractivity contribution >= 4 is 17.3 Å². The van der Waals surface area contributed by atoms with Crippen LogP contribution in [0.4, 0.5) is 0 Å². The number of aryl methyl sites for hydroxylation is 2. The van der Waals surface area contributed by atoms with Gasteiger partial charge in [-0.05, 0) is 33.6 Å².